The van der Waals surface area contributed by atoms with Crippen molar-refractivity contribution in [3.63, 3.8) is 0 Å². The average molecular weight is 492 g/mol. The SMILES string of the molecule is CN(c1ccccc1)S(=O)(=O)c1cc(C(=O)Oc2ccc3oc4ccccc4c3c2)ccc1Cl. The number of ether oxygens (including phenoxy) is 1. The number of fused-ring (bicyclic) bond motifs is 3. The second-order valence-corrected chi connectivity index (χ2v) is 9.94. The van der Waals surface area contributed by atoms with E-state index in [0.717, 1.165) is 20.7 Å². The first-order valence-corrected chi connectivity index (χ1v) is 12.1. The van der Waals surface area contributed by atoms with E-state index >= 15 is 0 Å². The lowest BCUT2D eigenvalue weighted by Crippen LogP contribution is -2.27. The highest BCUT2D eigenvalue weighted by atomic mass is 35.5. The molecule has 6 nitrogen and oxygen atoms in total. The van der Waals surface area contributed by atoms with Gasteiger partial charge in [-0.1, -0.05) is 48.0 Å². The van der Waals surface area contributed by atoms with E-state index in [4.69, 9.17) is 20.8 Å². The van der Waals surface area contributed by atoms with Crippen LogP contribution in [0.4, 0.5) is 5.69 Å². The van der Waals surface area contributed by atoms with Gasteiger partial charge < -0.3 is 9.15 Å². The fourth-order valence-electron chi connectivity index (χ4n) is 3.69. The first-order chi connectivity index (χ1) is 16.3. The summed E-state index contributed by atoms with van der Waals surface area (Å²) in [4.78, 5) is 12.7. The summed E-state index contributed by atoms with van der Waals surface area (Å²) in [5.41, 5.74) is 1.93. The highest BCUT2D eigenvalue weighted by Crippen LogP contribution is 2.32. The van der Waals surface area contributed by atoms with Gasteiger partial charge in [0.2, 0.25) is 0 Å². The van der Waals surface area contributed by atoms with Crippen LogP contribution in [-0.2, 0) is 10.0 Å². The van der Waals surface area contributed by atoms with Gasteiger partial charge in [0.1, 0.15) is 21.8 Å². The summed E-state index contributed by atoms with van der Waals surface area (Å²) in [6.07, 6.45) is 0. The minimum atomic E-state index is -4.02. The Hall–Kier alpha value is -3.81. The normalized spacial score (nSPS) is 11.6. The second-order valence-electron chi connectivity index (χ2n) is 7.60. The third kappa shape index (κ3) is 3.89. The Balaban J connectivity index is 1.46. The van der Waals surface area contributed by atoms with Crippen molar-refractivity contribution < 1.29 is 22.4 Å². The fraction of sp³-hybridized carbons (Fsp3) is 0.0385. The van der Waals surface area contributed by atoms with Crippen LogP contribution in [0.3, 0.4) is 0 Å². The van der Waals surface area contributed by atoms with Crippen molar-refractivity contribution in [1.82, 2.24) is 0 Å². The van der Waals surface area contributed by atoms with Gasteiger partial charge in [-0.15, -0.1) is 0 Å². The maximum atomic E-state index is 13.2. The number of furan rings is 1. The third-order valence-corrected chi connectivity index (χ3v) is 7.75. The Bertz CT molecular complexity index is 1640. The fourth-order valence-corrected chi connectivity index (χ4v) is 5.38. The zero-order chi connectivity index (χ0) is 23.9. The predicted molar refractivity (Wildman–Crippen MR) is 132 cm³/mol. The number of carbonyl (C=O) groups excluding carboxylic acids is 1. The number of carbonyl (C=O) groups is 1. The van der Waals surface area contributed by atoms with E-state index < -0.39 is 16.0 Å². The Labute approximate surface area is 201 Å². The van der Waals surface area contributed by atoms with Gasteiger partial charge in [0.25, 0.3) is 10.0 Å². The van der Waals surface area contributed by atoms with Gasteiger partial charge in [0, 0.05) is 17.8 Å². The van der Waals surface area contributed by atoms with Gasteiger partial charge in [0.15, 0.2) is 0 Å². The molecule has 0 aliphatic rings. The highest BCUT2D eigenvalue weighted by Gasteiger charge is 2.26. The van der Waals surface area contributed by atoms with Crippen LogP contribution in [0.5, 0.6) is 5.75 Å². The van der Waals surface area contributed by atoms with E-state index in [1.165, 1.54) is 25.2 Å². The molecule has 0 amide bonds. The van der Waals surface area contributed by atoms with Gasteiger partial charge in [-0.3, -0.25) is 4.31 Å². The molecule has 0 fully saturated rings. The summed E-state index contributed by atoms with van der Waals surface area (Å²) in [6.45, 7) is 0. The Morgan fingerprint density at radius 2 is 1.56 bits per heavy atom. The van der Waals surface area contributed by atoms with Crippen LogP contribution in [0.1, 0.15) is 10.4 Å². The quantitative estimate of drug-likeness (QED) is 0.213. The van der Waals surface area contributed by atoms with Crippen molar-refractivity contribution in [2.75, 3.05) is 11.4 Å². The predicted octanol–water partition coefficient (Wildman–Crippen LogP) is 6.28. The zero-order valence-corrected chi connectivity index (χ0v) is 19.5. The molecule has 5 rings (SSSR count). The largest absolute Gasteiger partial charge is 0.456 e. The van der Waals surface area contributed by atoms with Crippen molar-refractivity contribution >= 4 is 55.2 Å². The maximum Gasteiger partial charge on any atom is 0.343 e. The maximum absolute atomic E-state index is 13.2. The number of nitrogens with zero attached hydrogens (tertiary/aromatic N) is 1. The van der Waals surface area contributed by atoms with Gasteiger partial charge >= 0.3 is 5.97 Å². The molecule has 5 aromatic rings. The summed E-state index contributed by atoms with van der Waals surface area (Å²) in [7, 11) is -2.59. The lowest BCUT2D eigenvalue weighted by atomic mass is 10.1. The highest BCUT2D eigenvalue weighted by molar-refractivity contribution is 7.93. The van der Waals surface area contributed by atoms with Crippen molar-refractivity contribution in [2.24, 2.45) is 0 Å². The van der Waals surface area contributed by atoms with E-state index in [-0.39, 0.29) is 15.5 Å². The molecule has 170 valence electrons. The molecule has 4 aromatic carbocycles. The van der Waals surface area contributed by atoms with Crippen molar-refractivity contribution in [3.8, 4) is 5.75 Å². The van der Waals surface area contributed by atoms with Crippen LogP contribution in [-0.4, -0.2) is 21.4 Å². The minimum absolute atomic E-state index is 0.00520. The smallest absolute Gasteiger partial charge is 0.343 e. The first kappa shape index (κ1) is 22.0. The lowest BCUT2D eigenvalue weighted by Gasteiger charge is -2.20. The summed E-state index contributed by atoms with van der Waals surface area (Å²) >= 11 is 6.22. The Morgan fingerprint density at radius 3 is 2.35 bits per heavy atom. The molecule has 0 radical (unpaired) electrons. The topological polar surface area (TPSA) is 76.8 Å². The molecule has 0 saturated carbocycles. The molecular weight excluding hydrogens is 474 g/mol. The van der Waals surface area contributed by atoms with Crippen molar-refractivity contribution in [2.45, 2.75) is 4.90 Å². The van der Waals surface area contributed by atoms with Crippen LogP contribution in [0.2, 0.25) is 5.02 Å². The van der Waals surface area contributed by atoms with Crippen LogP contribution in [0.15, 0.2) is 100 Å². The summed E-state index contributed by atoms with van der Waals surface area (Å²) in [6, 6.07) is 25.3. The average Bonchev–Trinajstić information content (AvgIpc) is 3.22. The van der Waals surface area contributed by atoms with E-state index in [1.807, 2.05) is 24.3 Å². The minimum Gasteiger partial charge on any atom is -0.456 e. The third-order valence-electron chi connectivity index (χ3n) is 5.48. The van der Waals surface area contributed by atoms with Crippen molar-refractivity contribution in [3.05, 3.63) is 102 Å². The van der Waals surface area contributed by atoms with Crippen LogP contribution >= 0.6 is 11.6 Å². The van der Waals surface area contributed by atoms with Crippen LogP contribution < -0.4 is 9.04 Å². The number of esters is 1. The molecule has 0 aliphatic carbocycles. The molecule has 1 heterocycles. The molecule has 0 unspecified atom stereocenters. The standard InChI is InChI=1S/C26H18ClNO5S/c1-28(18-7-3-2-4-8-18)34(30,31)25-15-17(11-13-22(25)27)26(29)32-19-12-14-24-21(16-19)20-9-5-6-10-23(20)33-24/h2-16H,1H3. The Kier molecular flexibility index (Phi) is 5.51. The molecule has 8 heteroatoms. The summed E-state index contributed by atoms with van der Waals surface area (Å²) in [5.74, 6) is -0.396. The Morgan fingerprint density at radius 1 is 0.853 bits per heavy atom. The molecular formula is C26H18ClNO5S. The number of anilines is 1. The monoisotopic (exact) mass is 491 g/mol. The number of halogens is 1. The van der Waals surface area contributed by atoms with E-state index in [2.05, 4.69) is 0 Å². The molecule has 0 spiro atoms. The van der Waals surface area contributed by atoms with Gasteiger partial charge in [0.05, 0.1) is 16.3 Å². The van der Waals surface area contributed by atoms with Crippen LogP contribution in [0.25, 0.3) is 21.9 Å². The first-order valence-electron chi connectivity index (χ1n) is 10.3. The number of hydrogen-bond acceptors (Lipinski definition) is 5. The van der Waals surface area contributed by atoms with E-state index in [0.29, 0.717) is 17.0 Å². The number of para-hydroxylation sites is 2. The van der Waals surface area contributed by atoms with Crippen LogP contribution in [0, 0.1) is 0 Å². The van der Waals surface area contributed by atoms with Gasteiger partial charge in [-0.2, -0.15) is 0 Å². The molecule has 0 saturated heterocycles. The molecule has 0 N–H and O–H groups in total. The van der Waals surface area contributed by atoms with Gasteiger partial charge in [-0.25, -0.2) is 13.2 Å². The number of sulfonamides is 1. The molecule has 0 atom stereocenters. The molecule has 1 aromatic heterocycles. The van der Waals surface area contributed by atoms with E-state index in [1.54, 1.807) is 48.5 Å². The molecule has 0 aliphatic heterocycles. The van der Waals surface area contributed by atoms with Gasteiger partial charge in [-0.05, 0) is 54.6 Å². The molecule has 0 bridgehead atoms. The van der Waals surface area contributed by atoms with E-state index in [9.17, 15) is 13.2 Å². The number of rotatable bonds is 5. The lowest BCUT2D eigenvalue weighted by molar-refractivity contribution is 0.0734. The summed E-state index contributed by atoms with van der Waals surface area (Å²) in [5, 5.41) is 1.72. The zero-order valence-electron chi connectivity index (χ0n) is 17.9. The van der Waals surface area contributed by atoms with Crippen molar-refractivity contribution in [1.29, 1.82) is 0 Å². The second kappa shape index (κ2) is 8.52. The number of hydrogen-bond donors (Lipinski definition) is 0. The molecule has 34 heavy (non-hydrogen) atoms. The summed E-state index contributed by atoms with van der Waals surface area (Å²) < 4.78 is 38.9. The number of benzene rings is 4.